The molecule has 0 bridgehead atoms. The minimum absolute atomic E-state index is 0.143. The number of anilines is 1. The number of rotatable bonds is 8. The fraction of sp³-hybridized carbons (Fsp3) is 0.269. The summed E-state index contributed by atoms with van der Waals surface area (Å²) in [5.74, 6) is 0.143. The lowest BCUT2D eigenvalue weighted by Gasteiger charge is -2.36. The van der Waals surface area contributed by atoms with E-state index in [4.69, 9.17) is 0 Å². The number of nitrogens with zero attached hydrogens (tertiary/aromatic N) is 2. The van der Waals surface area contributed by atoms with Crippen LogP contribution in [0.5, 0.6) is 0 Å². The molecule has 1 aliphatic rings. The van der Waals surface area contributed by atoms with E-state index in [-0.39, 0.29) is 17.3 Å². The molecule has 0 spiro atoms. The molecule has 33 heavy (non-hydrogen) atoms. The molecule has 1 aliphatic heterocycles. The fourth-order valence-corrected chi connectivity index (χ4v) is 4.97. The van der Waals surface area contributed by atoms with Gasteiger partial charge in [-0.2, -0.15) is 0 Å². The van der Waals surface area contributed by atoms with Crippen LogP contribution < -0.4 is 9.62 Å². The SMILES string of the molecule is O=C(CCc1ccc(S(=O)(=O)NCc2ccccc2)cc1)N1CCN(c2ccccc2)CC1. The van der Waals surface area contributed by atoms with Gasteiger partial charge in [0.2, 0.25) is 15.9 Å². The zero-order valence-electron chi connectivity index (χ0n) is 18.6. The molecule has 1 fully saturated rings. The van der Waals surface area contributed by atoms with E-state index < -0.39 is 10.0 Å². The lowest BCUT2D eigenvalue weighted by atomic mass is 10.1. The van der Waals surface area contributed by atoms with Gasteiger partial charge in [0.25, 0.3) is 0 Å². The first-order valence-electron chi connectivity index (χ1n) is 11.2. The van der Waals surface area contributed by atoms with Crippen LogP contribution in [0.3, 0.4) is 0 Å². The number of carbonyl (C=O) groups is 1. The number of sulfonamides is 1. The standard InChI is InChI=1S/C26H29N3O3S/c30-26(29-19-17-28(18-20-29)24-9-5-2-6-10-24)16-13-22-11-14-25(15-12-22)33(31,32)27-21-23-7-3-1-4-8-23/h1-12,14-15,27H,13,16-21H2. The molecule has 1 N–H and O–H groups in total. The molecule has 3 aromatic rings. The summed E-state index contributed by atoms with van der Waals surface area (Å²) in [6.07, 6.45) is 1.01. The molecule has 0 radical (unpaired) electrons. The molecule has 1 saturated heterocycles. The van der Waals surface area contributed by atoms with Crippen LogP contribution in [0.1, 0.15) is 17.5 Å². The van der Waals surface area contributed by atoms with E-state index in [9.17, 15) is 13.2 Å². The lowest BCUT2D eigenvalue weighted by molar-refractivity contribution is -0.131. The van der Waals surface area contributed by atoms with Crippen molar-refractivity contribution in [1.82, 2.24) is 9.62 Å². The highest BCUT2D eigenvalue weighted by molar-refractivity contribution is 7.89. The molecular weight excluding hydrogens is 434 g/mol. The predicted molar refractivity (Wildman–Crippen MR) is 130 cm³/mol. The third-order valence-corrected chi connectivity index (χ3v) is 7.34. The van der Waals surface area contributed by atoms with Gasteiger partial charge < -0.3 is 9.80 Å². The van der Waals surface area contributed by atoms with Crippen LogP contribution >= 0.6 is 0 Å². The first-order chi connectivity index (χ1) is 16.0. The maximum atomic E-state index is 12.7. The summed E-state index contributed by atoms with van der Waals surface area (Å²) in [4.78, 5) is 17.1. The van der Waals surface area contributed by atoms with Gasteiger partial charge in [-0.05, 0) is 41.8 Å². The maximum Gasteiger partial charge on any atom is 0.240 e. The number of nitrogens with one attached hydrogen (secondary N) is 1. The molecule has 0 aromatic heterocycles. The average molecular weight is 464 g/mol. The Morgan fingerprint density at radius 3 is 2.00 bits per heavy atom. The third kappa shape index (κ3) is 6.21. The minimum Gasteiger partial charge on any atom is -0.368 e. The highest BCUT2D eigenvalue weighted by Gasteiger charge is 2.21. The van der Waals surface area contributed by atoms with E-state index in [1.54, 1.807) is 24.3 Å². The van der Waals surface area contributed by atoms with Gasteiger partial charge in [-0.15, -0.1) is 0 Å². The summed E-state index contributed by atoms with van der Waals surface area (Å²) in [6, 6.07) is 26.5. The van der Waals surface area contributed by atoms with Crippen LogP contribution in [-0.4, -0.2) is 45.4 Å². The Kier molecular flexibility index (Phi) is 7.42. The highest BCUT2D eigenvalue weighted by atomic mass is 32.2. The van der Waals surface area contributed by atoms with Gasteiger partial charge in [-0.3, -0.25) is 4.79 Å². The van der Waals surface area contributed by atoms with Crippen LogP contribution in [0.2, 0.25) is 0 Å². The number of amides is 1. The second-order valence-corrected chi connectivity index (χ2v) is 9.92. The molecule has 172 valence electrons. The minimum atomic E-state index is -3.58. The average Bonchev–Trinajstić information content (AvgIpc) is 2.87. The topological polar surface area (TPSA) is 69.7 Å². The molecular formula is C26H29N3O3S. The van der Waals surface area contributed by atoms with Crippen LogP contribution in [0.15, 0.2) is 89.8 Å². The molecule has 3 aromatic carbocycles. The number of piperazine rings is 1. The second kappa shape index (κ2) is 10.6. The van der Waals surface area contributed by atoms with Crippen LogP contribution in [0.25, 0.3) is 0 Å². The number of carbonyl (C=O) groups excluding carboxylic acids is 1. The van der Waals surface area contributed by atoms with Gasteiger partial charge in [-0.1, -0.05) is 60.7 Å². The van der Waals surface area contributed by atoms with Crippen LogP contribution in [0.4, 0.5) is 5.69 Å². The number of hydrogen-bond acceptors (Lipinski definition) is 4. The quantitative estimate of drug-likeness (QED) is 0.556. The summed E-state index contributed by atoms with van der Waals surface area (Å²) < 4.78 is 27.7. The van der Waals surface area contributed by atoms with Gasteiger partial charge in [0.1, 0.15) is 0 Å². The van der Waals surface area contributed by atoms with Gasteiger partial charge >= 0.3 is 0 Å². The predicted octanol–water partition coefficient (Wildman–Crippen LogP) is 3.45. The first-order valence-corrected chi connectivity index (χ1v) is 12.7. The van der Waals surface area contributed by atoms with Crippen LogP contribution in [0, 0.1) is 0 Å². The van der Waals surface area contributed by atoms with Crippen molar-refractivity contribution in [2.75, 3.05) is 31.1 Å². The second-order valence-electron chi connectivity index (χ2n) is 8.16. The fourth-order valence-electron chi connectivity index (χ4n) is 3.96. The van der Waals surface area contributed by atoms with E-state index in [1.807, 2.05) is 53.4 Å². The maximum absolute atomic E-state index is 12.7. The van der Waals surface area contributed by atoms with E-state index in [0.29, 0.717) is 12.8 Å². The third-order valence-electron chi connectivity index (χ3n) is 5.92. The van der Waals surface area contributed by atoms with E-state index >= 15 is 0 Å². The van der Waals surface area contributed by atoms with Crippen molar-refractivity contribution in [3.8, 4) is 0 Å². The Morgan fingerprint density at radius 1 is 0.758 bits per heavy atom. The molecule has 6 nitrogen and oxygen atoms in total. The number of aryl methyl sites for hydroxylation is 1. The van der Waals surface area contributed by atoms with Crippen molar-refractivity contribution in [3.63, 3.8) is 0 Å². The summed E-state index contributed by atoms with van der Waals surface area (Å²) in [7, 11) is -3.58. The van der Waals surface area contributed by atoms with E-state index in [1.165, 1.54) is 5.69 Å². The summed E-state index contributed by atoms with van der Waals surface area (Å²) in [5, 5.41) is 0. The summed E-state index contributed by atoms with van der Waals surface area (Å²) in [6.45, 7) is 3.35. The number of para-hydroxylation sites is 1. The molecule has 0 aliphatic carbocycles. The van der Waals surface area contributed by atoms with Gasteiger partial charge in [0.05, 0.1) is 4.90 Å². The van der Waals surface area contributed by atoms with Crippen molar-refractivity contribution in [2.24, 2.45) is 0 Å². The number of benzene rings is 3. The first kappa shape index (κ1) is 23.0. The lowest BCUT2D eigenvalue weighted by Crippen LogP contribution is -2.48. The van der Waals surface area contributed by atoms with Gasteiger partial charge in [-0.25, -0.2) is 13.1 Å². The monoisotopic (exact) mass is 463 g/mol. The van der Waals surface area contributed by atoms with E-state index in [2.05, 4.69) is 21.8 Å². The van der Waals surface area contributed by atoms with Crippen molar-refractivity contribution >= 4 is 21.6 Å². The molecule has 4 rings (SSSR count). The zero-order valence-corrected chi connectivity index (χ0v) is 19.4. The molecule has 7 heteroatoms. The Labute approximate surface area is 195 Å². The van der Waals surface area contributed by atoms with Crippen molar-refractivity contribution in [2.45, 2.75) is 24.3 Å². The highest BCUT2D eigenvalue weighted by Crippen LogP contribution is 2.17. The van der Waals surface area contributed by atoms with Crippen molar-refractivity contribution in [3.05, 3.63) is 96.1 Å². The number of hydrogen-bond donors (Lipinski definition) is 1. The summed E-state index contributed by atoms with van der Waals surface area (Å²) >= 11 is 0. The zero-order chi connectivity index (χ0) is 23.1. The normalized spacial score (nSPS) is 14.3. The Balaban J connectivity index is 1.25. The molecule has 1 amide bonds. The summed E-state index contributed by atoms with van der Waals surface area (Å²) in [5.41, 5.74) is 3.05. The van der Waals surface area contributed by atoms with Crippen LogP contribution in [-0.2, 0) is 27.8 Å². The molecule has 1 heterocycles. The molecule has 0 unspecified atom stereocenters. The van der Waals surface area contributed by atoms with Gasteiger partial charge in [0.15, 0.2) is 0 Å². The van der Waals surface area contributed by atoms with E-state index in [0.717, 1.165) is 37.3 Å². The molecule has 0 saturated carbocycles. The van der Waals surface area contributed by atoms with Gasteiger partial charge in [0, 0.05) is 44.8 Å². The van der Waals surface area contributed by atoms with Crippen molar-refractivity contribution < 1.29 is 13.2 Å². The Morgan fingerprint density at radius 2 is 1.36 bits per heavy atom. The smallest absolute Gasteiger partial charge is 0.240 e. The Hall–Kier alpha value is -3.16. The van der Waals surface area contributed by atoms with Crippen molar-refractivity contribution in [1.29, 1.82) is 0 Å². The largest absolute Gasteiger partial charge is 0.368 e. The molecule has 0 atom stereocenters. The Bertz CT molecular complexity index is 1140.